The van der Waals surface area contributed by atoms with Gasteiger partial charge in [0.15, 0.2) is 0 Å². The number of carbonyl (C=O) groups is 2. The van der Waals surface area contributed by atoms with E-state index in [0.29, 0.717) is 28.5 Å². The van der Waals surface area contributed by atoms with Crippen molar-refractivity contribution in [3.05, 3.63) is 81.9 Å². The molecule has 34 heavy (non-hydrogen) atoms. The topological polar surface area (TPSA) is 101 Å². The number of carbonyl (C=O) groups excluding carboxylic acids is 2. The van der Waals surface area contributed by atoms with Crippen molar-refractivity contribution in [2.45, 2.75) is 13.0 Å². The first-order valence-corrected chi connectivity index (χ1v) is 11.4. The van der Waals surface area contributed by atoms with Gasteiger partial charge in [0.25, 0.3) is 0 Å². The van der Waals surface area contributed by atoms with E-state index in [2.05, 4.69) is 15.9 Å². The highest BCUT2D eigenvalue weighted by molar-refractivity contribution is 9.09. The summed E-state index contributed by atoms with van der Waals surface area (Å²) in [7, 11) is 2.74. The summed E-state index contributed by atoms with van der Waals surface area (Å²) in [5, 5.41) is 1.24. The van der Waals surface area contributed by atoms with Crippen LogP contribution < -0.4 is 10.4 Å². The molecular weight excluding hydrogens is 508 g/mol. The second kappa shape index (κ2) is 12.0. The molecule has 0 aliphatic carbocycles. The number of halogens is 1. The van der Waals surface area contributed by atoms with Gasteiger partial charge in [-0.05, 0) is 35.7 Å². The first-order chi connectivity index (χ1) is 16.5. The van der Waals surface area contributed by atoms with Gasteiger partial charge >= 0.3 is 17.6 Å². The zero-order valence-corrected chi connectivity index (χ0v) is 20.3. The van der Waals surface area contributed by atoms with Crippen molar-refractivity contribution in [2.75, 3.05) is 26.2 Å². The Balaban J connectivity index is 1.81. The smallest absolute Gasteiger partial charge is 0.351 e. The predicted molar refractivity (Wildman–Crippen MR) is 129 cm³/mol. The molecule has 0 aliphatic heterocycles. The van der Waals surface area contributed by atoms with Crippen molar-refractivity contribution < 1.29 is 33.0 Å². The molecular formula is C25H23BrO8. The second-order valence-corrected chi connectivity index (χ2v) is 7.82. The minimum Gasteiger partial charge on any atom is -0.503 e. The van der Waals surface area contributed by atoms with Gasteiger partial charge in [0.05, 0.1) is 27.1 Å². The van der Waals surface area contributed by atoms with Crippen LogP contribution in [0.15, 0.2) is 64.0 Å². The molecule has 2 aromatic carbocycles. The Morgan fingerprint density at radius 2 is 1.85 bits per heavy atom. The van der Waals surface area contributed by atoms with Crippen molar-refractivity contribution in [1.82, 2.24) is 0 Å². The molecule has 3 rings (SSSR count). The van der Waals surface area contributed by atoms with Crippen molar-refractivity contribution in [3.63, 3.8) is 0 Å². The molecule has 8 nitrogen and oxygen atoms in total. The van der Waals surface area contributed by atoms with Crippen molar-refractivity contribution in [2.24, 2.45) is 0 Å². The van der Waals surface area contributed by atoms with E-state index in [1.165, 1.54) is 26.5 Å². The molecule has 1 aromatic heterocycles. The van der Waals surface area contributed by atoms with Crippen LogP contribution in [0.3, 0.4) is 0 Å². The minimum absolute atomic E-state index is 0.127. The van der Waals surface area contributed by atoms with Crippen LogP contribution >= 0.6 is 15.9 Å². The fourth-order valence-corrected chi connectivity index (χ4v) is 3.37. The van der Waals surface area contributed by atoms with E-state index in [1.807, 2.05) is 12.1 Å². The lowest BCUT2D eigenvalue weighted by Gasteiger charge is -2.13. The maximum atomic E-state index is 12.3. The zero-order chi connectivity index (χ0) is 24.5. The average molecular weight is 531 g/mol. The Labute approximate surface area is 204 Å². The first kappa shape index (κ1) is 25.0. The molecule has 0 bridgehead atoms. The molecule has 0 aliphatic rings. The van der Waals surface area contributed by atoms with Gasteiger partial charge in [0, 0.05) is 16.8 Å². The van der Waals surface area contributed by atoms with E-state index in [4.69, 9.17) is 23.4 Å². The summed E-state index contributed by atoms with van der Waals surface area (Å²) in [5.41, 5.74) is 0.897. The predicted octanol–water partition coefficient (Wildman–Crippen LogP) is 4.47. The maximum absolute atomic E-state index is 12.3. The molecule has 0 saturated carbocycles. The molecule has 0 atom stereocenters. The summed E-state index contributed by atoms with van der Waals surface area (Å²) >= 11 is 3.25. The van der Waals surface area contributed by atoms with Crippen LogP contribution in [0.1, 0.15) is 27.9 Å². The van der Waals surface area contributed by atoms with E-state index in [1.54, 1.807) is 30.3 Å². The molecule has 9 heteroatoms. The highest BCUT2D eigenvalue weighted by Gasteiger charge is 2.18. The summed E-state index contributed by atoms with van der Waals surface area (Å²) in [6.45, 7) is 0.328. The normalized spacial score (nSPS) is 11.2. The van der Waals surface area contributed by atoms with Crippen LogP contribution in [0, 0.1) is 0 Å². The zero-order valence-electron chi connectivity index (χ0n) is 18.7. The lowest BCUT2D eigenvalue weighted by molar-refractivity contribution is -0.133. The number of ether oxygens (including phenoxy) is 4. The molecule has 0 spiro atoms. The summed E-state index contributed by atoms with van der Waals surface area (Å²) in [4.78, 5) is 36.6. The van der Waals surface area contributed by atoms with E-state index >= 15 is 0 Å². The Kier molecular flexibility index (Phi) is 8.86. The quantitative estimate of drug-likeness (QED) is 0.0944. The molecule has 1 heterocycles. The van der Waals surface area contributed by atoms with Crippen LogP contribution in [0.4, 0.5) is 0 Å². The van der Waals surface area contributed by atoms with Crippen LogP contribution in [0.2, 0.25) is 0 Å². The lowest BCUT2D eigenvalue weighted by Crippen LogP contribution is -2.17. The largest absolute Gasteiger partial charge is 0.503 e. The highest BCUT2D eigenvalue weighted by Crippen LogP contribution is 2.25. The molecule has 0 unspecified atom stereocenters. The van der Waals surface area contributed by atoms with Crippen molar-refractivity contribution in [3.8, 4) is 5.75 Å². The van der Waals surface area contributed by atoms with E-state index in [0.717, 1.165) is 5.56 Å². The number of methoxy groups -OCH3 is 2. The highest BCUT2D eigenvalue weighted by atomic mass is 79.9. The van der Waals surface area contributed by atoms with Gasteiger partial charge in [0.2, 0.25) is 0 Å². The summed E-state index contributed by atoms with van der Waals surface area (Å²) in [6.07, 6.45) is 1.95. The second-order valence-electron chi connectivity index (χ2n) is 7.03. The minimum atomic E-state index is -0.786. The summed E-state index contributed by atoms with van der Waals surface area (Å²) < 4.78 is 26.2. The number of fused-ring (bicyclic) bond motifs is 1. The average Bonchev–Trinajstić information content (AvgIpc) is 2.85. The standard InChI is InChI=1S/C25H23BrO8/c1-30-15-21(23(27)31-2)19-7-4-3-6-17(19)14-33-18-9-8-16-12-20(24(28)32-11-5-10-26)25(29)34-22(16)13-18/h3-4,6-9,12-13,15H,5,10-11,14H2,1-2H3/b21-15+. The Hall–Kier alpha value is -3.59. The SMILES string of the molecule is CO/C=C(/C(=O)OC)c1ccccc1COc1ccc2cc(C(=O)OCCCBr)c(=O)oc2c1. The first-order valence-electron chi connectivity index (χ1n) is 10.3. The van der Waals surface area contributed by atoms with Gasteiger partial charge in [-0.2, -0.15) is 0 Å². The third-order valence-corrected chi connectivity index (χ3v) is 5.34. The molecule has 178 valence electrons. The summed E-state index contributed by atoms with van der Waals surface area (Å²) in [5.74, 6) is -0.823. The Morgan fingerprint density at radius 3 is 2.59 bits per heavy atom. The number of benzene rings is 2. The maximum Gasteiger partial charge on any atom is 0.351 e. The van der Waals surface area contributed by atoms with E-state index in [9.17, 15) is 14.4 Å². The number of rotatable bonds is 10. The van der Waals surface area contributed by atoms with Gasteiger partial charge in [-0.25, -0.2) is 14.4 Å². The summed E-state index contributed by atoms with van der Waals surface area (Å²) in [6, 6.07) is 13.6. The van der Waals surface area contributed by atoms with E-state index < -0.39 is 17.6 Å². The molecule has 0 N–H and O–H groups in total. The van der Waals surface area contributed by atoms with Gasteiger partial charge < -0.3 is 23.4 Å². The number of hydrogen-bond acceptors (Lipinski definition) is 8. The fourth-order valence-electron chi connectivity index (χ4n) is 3.14. The van der Waals surface area contributed by atoms with Gasteiger partial charge in [0.1, 0.15) is 29.1 Å². The third-order valence-electron chi connectivity index (χ3n) is 4.78. The molecule has 0 radical (unpaired) electrons. The number of hydrogen-bond donors (Lipinski definition) is 0. The fraction of sp³-hybridized carbons (Fsp3) is 0.240. The number of alkyl halides is 1. The monoisotopic (exact) mass is 530 g/mol. The van der Waals surface area contributed by atoms with Gasteiger partial charge in [-0.1, -0.05) is 40.2 Å². The van der Waals surface area contributed by atoms with Crippen molar-refractivity contribution >= 4 is 44.4 Å². The Morgan fingerprint density at radius 1 is 1.06 bits per heavy atom. The molecule has 0 saturated heterocycles. The molecule has 0 fully saturated rings. The Bertz CT molecular complexity index is 1260. The molecule has 3 aromatic rings. The van der Waals surface area contributed by atoms with Crippen LogP contribution in [-0.2, 0) is 25.6 Å². The van der Waals surface area contributed by atoms with Gasteiger partial charge in [-0.3, -0.25) is 0 Å². The number of esters is 2. The van der Waals surface area contributed by atoms with Crippen molar-refractivity contribution in [1.29, 1.82) is 0 Å². The van der Waals surface area contributed by atoms with Gasteiger partial charge in [-0.15, -0.1) is 0 Å². The molecule has 0 amide bonds. The van der Waals surface area contributed by atoms with E-state index in [-0.39, 0.29) is 29.9 Å². The van der Waals surface area contributed by atoms with Crippen LogP contribution in [0.25, 0.3) is 16.5 Å². The lowest BCUT2D eigenvalue weighted by atomic mass is 10.0. The van der Waals surface area contributed by atoms with Crippen LogP contribution in [0.5, 0.6) is 5.75 Å². The van der Waals surface area contributed by atoms with Crippen LogP contribution in [-0.4, -0.2) is 38.1 Å². The third kappa shape index (κ3) is 6.05.